The van der Waals surface area contributed by atoms with Gasteiger partial charge in [-0.1, -0.05) is 39.8 Å². The Morgan fingerprint density at radius 3 is 2.09 bits per heavy atom. The lowest BCUT2D eigenvalue weighted by molar-refractivity contribution is 0.324. The highest BCUT2D eigenvalue weighted by Crippen LogP contribution is 2.31. The van der Waals surface area contributed by atoms with Gasteiger partial charge in [0.2, 0.25) is 0 Å². The fourth-order valence-corrected chi connectivity index (χ4v) is 1.47. The van der Waals surface area contributed by atoms with Gasteiger partial charge in [0.05, 0.1) is 0 Å². The first-order valence-electron chi connectivity index (χ1n) is 4.87. The molecule has 0 amide bonds. The van der Waals surface area contributed by atoms with Gasteiger partial charge in [-0.3, -0.25) is 0 Å². The third-order valence-electron chi connectivity index (χ3n) is 2.54. The molecule has 0 aromatic carbocycles. The Morgan fingerprint density at radius 2 is 1.73 bits per heavy atom. The fraction of sp³-hybridized carbons (Fsp3) is 0.818. The van der Waals surface area contributed by atoms with E-state index in [0.717, 1.165) is 11.8 Å². The van der Waals surface area contributed by atoms with Crippen LogP contribution in [0.4, 0.5) is 0 Å². The van der Waals surface area contributed by atoms with Crippen molar-refractivity contribution in [2.75, 3.05) is 0 Å². The van der Waals surface area contributed by atoms with Crippen LogP contribution in [0.5, 0.6) is 0 Å². The highest BCUT2D eigenvalue weighted by Gasteiger charge is 2.18. The van der Waals surface area contributed by atoms with Gasteiger partial charge in [0.25, 0.3) is 0 Å². The molecule has 0 bridgehead atoms. The van der Waals surface area contributed by atoms with E-state index in [1.54, 1.807) is 0 Å². The maximum atomic E-state index is 4.00. The number of hydrogen-bond acceptors (Lipinski definition) is 0. The Hall–Kier alpha value is -0.260. The quantitative estimate of drug-likeness (QED) is 0.462. The van der Waals surface area contributed by atoms with E-state index in [1.807, 2.05) is 13.8 Å². The summed E-state index contributed by atoms with van der Waals surface area (Å²) in [4.78, 5) is 0. The third-order valence-corrected chi connectivity index (χ3v) is 2.54. The second kappa shape index (κ2) is 5.40. The molecule has 11 heavy (non-hydrogen) atoms. The maximum absolute atomic E-state index is 4.00. The van der Waals surface area contributed by atoms with E-state index >= 15 is 0 Å². The molecule has 0 saturated heterocycles. The van der Waals surface area contributed by atoms with E-state index in [4.69, 9.17) is 0 Å². The van der Waals surface area contributed by atoms with Crippen molar-refractivity contribution < 1.29 is 0 Å². The summed E-state index contributed by atoms with van der Waals surface area (Å²) in [6.07, 6.45) is 3.90. The predicted molar refractivity (Wildman–Crippen MR) is 52.7 cm³/mol. The second-order valence-corrected chi connectivity index (χ2v) is 3.45. The van der Waals surface area contributed by atoms with Crippen molar-refractivity contribution in [1.29, 1.82) is 0 Å². The summed E-state index contributed by atoms with van der Waals surface area (Å²) in [7, 11) is 0. The average Bonchev–Trinajstić information content (AvgIpc) is 2.02. The van der Waals surface area contributed by atoms with Gasteiger partial charge in [-0.05, 0) is 31.1 Å². The summed E-state index contributed by atoms with van der Waals surface area (Å²) < 4.78 is 0. The van der Waals surface area contributed by atoms with E-state index in [1.165, 1.54) is 24.8 Å². The van der Waals surface area contributed by atoms with Crippen LogP contribution in [0.3, 0.4) is 0 Å². The molecule has 1 aliphatic rings. The highest BCUT2D eigenvalue weighted by atomic mass is 14.2. The summed E-state index contributed by atoms with van der Waals surface area (Å²) >= 11 is 0. The van der Waals surface area contributed by atoms with Crippen LogP contribution in [-0.4, -0.2) is 0 Å². The lowest BCUT2D eigenvalue weighted by atomic mass is 9.80. The Kier molecular flexibility index (Phi) is 5.27. The SMILES string of the molecule is C=C1CCC(C)C(C)C1.CC. The van der Waals surface area contributed by atoms with Crippen LogP contribution in [0.25, 0.3) is 0 Å². The molecule has 2 atom stereocenters. The van der Waals surface area contributed by atoms with Crippen molar-refractivity contribution in [3.63, 3.8) is 0 Å². The van der Waals surface area contributed by atoms with E-state index < -0.39 is 0 Å². The molecule has 66 valence electrons. The van der Waals surface area contributed by atoms with Crippen molar-refractivity contribution in [2.45, 2.75) is 47.0 Å². The summed E-state index contributed by atoms with van der Waals surface area (Å²) in [6, 6.07) is 0. The molecule has 0 radical (unpaired) electrons. The van der Waals surface area contributed by atoms with Gasteiger partial charge < -0.3 is 0 Å². The predicted octanol–water partition coefficient (Wildman–Crippen LogP) is 4.02. The first-order valence-corrected chi connectivity index (χ1v) is 4.87. The summed E-state index contributed by atoms with van der Waals surface area (Å²) in [5, 5.41) is 0. The molecule has 0 aliphatic heterocycles. The second-order valence-electron chi connectivity index (χ2n) is 3.45. The lowest BCUT2D eigenvalue weighted by Crippen LogP contribution is -2.14. The highest BCUT2D eigenvalue weighted by molar-refractivity contribution is 4.99. The van der Waals surface area contributed by atoms with Gasteiger partial charge in [0.1, 0.15) is 0 Å². The van der Waals surface area contributed by atoms with E-state index in [-0.39, 0.29) is 0 Å². The summed E-state index contributed by atoms with van der Waals surface area (Å²) in [5.74, 6) is 1.81. The summed E-state index contributed by atoms with van der Waals surface area (Å²) in [5.41, 5.74) is 1.46. The zero-order chi connectivity index (χ0) is 8.85. The summed E-state index contributed by atoms with van der Waals surface area (Å²) in [6.45, 7) is 12.7. The van der Waals surface area contributed by atoms with E-state index in [0.29, 0.717) is 0 Å². The van der Waals surface area contributed by atoms with Gasteiger partial charge in [0.15, 0.2) is 0 Å². The maximum Gasteiger partial charge on any atom is -0.0295 e. The Balaban J connectivity index is 0.000000461. The third kappa shape index (κ3) is 3.60. The monoisotopic (exact) mass is 154 g/mol. The molecule has 1 aliphatic carbocycles. The first kappa shape index (κ1) is 10.7. The molecule has 2 unspecified atom stereocenters. The Bertz CT molecular complexity index is 113. The van der Waals surface area contributed by atoms with Crippen molar-refractivity contribution in [1.82, 2.24) is 0 Å². The zero-order valence-electron chi connectivity index (χ0n) is 8.48. The van der Waals surface area contributed by atoms with E-state index in [9.17, 15) is 0 Å². The standard InChI is InChI=1S/C9H16.C2H6/c1-7-4-5-8(2)9(3)6-7;1-2/h8-9H,1,4-6H2,2-3H3;1-2H3. The molecule has 0 aromatic rings. The first-order chi connectivity index (χ1) is 5.20. The molecule has 0 heterocycles. The van der Waals surface area contributed by atoms with Gasteiger partial charge in [-0.2, -0.15) is 0 Å². The van der Waals surface area contributed by atoms with E-state index in [2.05, 4.69) is 20.4 Å². The topological polar surface area (TPSA) is 0 Å². The van der Waals surface area contributed by atoms with Crippen LogP contribution in [-0.2, 0) is 0 Å². The molecule has 0 heteroatoms. The minimum absolute atomic E-state index is 0.881. The molecule has 1 fully saturated rings. The Labute approximate surface area is 71.7 Å². The number of rotatable bonds is 0. The lowest BCUT2D eigenvalue weighted by Gasteiger charge is -2.26. The smallest absolute Gasteiger partial charge is 0.0295 e. The molecule has 0 nitrogen and oxygen atoms in total. The van der Waals surface area contributed by atoms with Crippen molar-refractivity contribution >= 4 is 0 Å². The van der Waals surface area contributed by atoms with Gasteiger partial charge in [-0.15, -0.1) is 0 Å². The number of hydrogen-bond donors (Lipinski definition) is 0. The van der Waals surface area contributed by atoms with Crippen LogP contribution >= 0.6 is 0 Å². The van der Waals surface area contributed by atoms with Crippen molar-refractivity contribution in [2.24, 2.45) is 11.8 Å². The molecular formula is C11H22. The van der Waals surface area contributed by atoms with Gasteiger partial charge in [0, 0.05) is 0 Å². The normalized spacial score (nSPS) is 30.7. The van der Waals surface area contributed by atoms with Crippen LogP contribution in [0.2, 0.25) is 0 Å². The molecule has 0 N–H and O–H groups in total. The molecular weight excluding hydrogens is 132 g/mol. The molecule has 0 spiro atoms. The number of allylic oxidation sites excluding steroid dienone is 1. The Morgan fingerprint density at radius 1 is 1.18 bits per heavy atom. The van der Waals surface area contributed by atoms with Gasteiger partial charge in [-0.25, -0.2) is 0 Å². The minimum atomic E-state index is 0.881. The van der Waals surface area contributed by atoms with Crippen LogP contribution < -0.4 is 0 Å². The fourth-order valence-electron chi connectivity index (χ4n) is 1.47. The van der Waals surface area contributed by atoms with Crippen molar-refractivity contribution in [3.8, 4) is 0 Å². The van der Waals surface area contributed by atoms with Gasteiger partial charge >= 0.3 is 0 Å². The average molecular weight is 154 g/mol. The zero-order valence-corrected chi connectivity index (χ0v) is 8.48. The van der Waals surface area contributed by atoms with Crippen molar-refractivity contribution in [3.05, 3.63) is 12.2 Å². The minimum Gasteiger partial charge on any atom is -0.0999 e. The molecule has 0 aromatic heterocycles. The van der Waals surface area contributed by atoms with Crippen LogP contribution in [0.1, 0.15) is 47.0 Å². The largest absolute Gasteiger partial charge is 0.0999 e. The van der Waals surface area contributed by atoms with Crippen LogP contribution in [0, 0.1) is 11.8 Å². The van der Waals surface area contributed by atoms with Crippen LogP contribution in [0.15, 0.2) is 12.2 Å². The molecule has 1 saturated carbocycles. The molecule has 1 rings (SSSR count).